The maximum Gasteiger partial charge on any atom is 0.156 e. The first-order valence-corrected chi connectivity index (χ1v) is 8.69. The van der Waals surface area contributed by atoms with Crippen molar-refractivity contribution in [2.24, 2.45) is 0 Å². The number of imidazole rings is 1. The second-order valence-corrected chi connectivity index (χ2v) is 6.29. The molecule has 0 unspecified atom stereocenters. The Kier molecular flexibility index (Phi) is 4.76. The van der Waals surface area contributed by atoms with Crippen LogP contribution in [0.1, 0.15) is 5.56 Å². The van der Waals surface area contributed by atoms with Gasteiger partial charge in [0.1, 0.15) is 17.4 Å². The molecule has 0 aliphatic heterocycles. The van der Waals surface area contributed by atoms with Crippen LogP contribution in [0.4, 0.5) is 21.7 Å². The molecule has 0 radical (unpaired) electrons. The molecule has 4 aromatic rings. The van der Waals surface area contributed by atoms with E-state index in [4.69, 9.17) is 4.74 Å². The quantitative estimate of drug-likeness (QED) is 0.552. The number of anilines is 3. The summed E-state index contributed by atoms with van der Waals surface area (Å²) in [5.74, 6) is 1.54. The van der Waals surface area contributed by atoms with Crippen molar-refractivity contribution >= 4 is 23.0 Å². The summed E-state index contributed by atoms with van der Waals surface area (Å²) in [4.78, 5) is 10.5. The Balaban J connectivity index is 1.64. The van der Waals surface area contributed by atoms with Gasteiger partial charge in [-0.2, -0.15) is 4.52 Å². The third-order valence-corrected chi connectivity index (χ3v) is 4.31. The summed E-state index contributed by atoms with van der Waals surface area (Å²) in [6.45, 7) is 0.668. The molecule has 1 aromatic carbocycles. The van der Waals surface area contributed by atoms with E-state index in [1.165, 1.54) is 19.2 Å². The minimum absolute atomic E-state index is 0.359. The fraction of sp³-hybridized carbons (Fsp3) is 0.150. The van der Waals surface area contributed by atoms with Crippen LogP contribution >= 0.6 is 0 Å². The van der Waals surface area contributed by atoms with Crippen LogP contribution in [0.3, 0.4) is 0 Å². The third kappa shape index (κ3) is 3.57. The fourth-order valence-corrected chi connectivity index (χ4v) is 2.91. The van der Waals surface area contributed by atoms with E-state index in [0.29, 0.717) is 29.4 Å². The smallest absolute Gasteiger partial charge is 0.156 e. The van der Waals surface area contributed by atoms with Gasteiger partial charge < -0.3 is 15.0 Å². The van der Waals surface area contributed by atoms with Crippen molar-refractivity contribution in [2.75, 3.05) is 24.4 Å². The normalized spacial score (nSPS) is 10.8. The van der Waals surface area contributed by atoms with Crippen LogP contribution in [-0.4, -0.2) is 33.7 Å². The number of rotatable bonds is 6. The number of nitrogens with one attached hydrogen (secondary N) is 1. The highest BCUT2D eigenvalue weighted by Crippen LogP contribution is 2.28. The van der Waals surface area contributed by atoms with Crippen LogP contribution in [0.5, 0.6) is 5.75 Å². The summed E-state index contributed by atoms with van der Waals surface area (Å²) in [6, 6.07) is 12.0. The Morgan fingerprint density at radius 3 is 2.86 bits per heavy atom. The fourth-order valence-electron chi connectivity index (χ4n) is 2.91. The van der Waals surface area contributed by atoms with Gasteiger partial charge >= 0.3 is 0 Å². The molecule has 28 heavy (non-hydrogen) atoms. The minimum atomic E-state index is -0.359. The molecule has 7 nitrogen and oxygen atoms in total. The Morgan fingerprint density at radius 2 is 2.07 bits per heavy atom. The van der Waals surface area contributed by atoms with E-state index in [9.17, 15) is 4.39 Å². The number of fused-ring (bicyclic) bond motifs is 1. The predicted molar refractivity (Wildman–Crippen MR) is 106 cm³/mol. The maximum atomic E-state index is 13.7. The number of aromatic nitrogens is 4. The first-order valence-electron chi connectivity index (χ1n) is 8.69. The lowest BCUT2D eigenvalue weighted by atomic mass is 10.3. The van der Waals surface area contributed by atoms with Gasteiger partial charge in [0.05, 0.1) is 19.0 Å². The van der Waals surface area contributed by atoms with Gasteiger partial charge in [0, 0.05) is 32.1 Å². The van der Waals surface area contributed by atoms with Crippen molar-refractivity contribution in [3.8, 4) is 5.75 Å². The second kappa shape index (κ2) is 7.51. The van der Waals surface area contributed by atoms with E-state index in [0.717, 1.165) is 11.4 Å². The maximum absolute atomic E-state index is 13.7. The van der Waals surface area contributed by atoms with Crippen LogP contribution in [0.15, 0.2) is 61.1 Å². The SMILES string of the molecule is COc1ccc(F)cc1Nc1cnc2ccc(N(C)Cc3cccnc3)nn12. The Labute approximate surface area is 161 Å². The predicted octanol–water partition coefficient (Wildman–Crippen LogP) is 3.65. The number of pyridine rings is 1. The molecular weight excluding hydrogens is 359 g/mol. The lowest BCUT2D eigenvalue weighted by molar-refractivity contribution is 0.415. The van der Waals surface area contributed by atoms with Crippen LogP contribution in [0.2, 0.25) is 0 Å². The molecule has 0 saturated heterocycles. The number of nitrogens with zero attached hydrogens (tertiary/aromatic N) is 5. The monoisotopic (exact) mass is 378 g/mol. The standard InChI is InChI=1S/C20H19FN6O/c1-26(13-14-4-3-9-22-11-14)19-8-7-18-23-12-20(27(18)25-19)24-16-10-15(21)5-6-17(16)28-2/h3-12,24H,13H2,1-2H3. The molecule has 0 amide bonds. The molecule has 8 heteroatoms. The van der Waals surface area contributed by atoms with Gasteiger partial charge in [0.15, 0.2) is 11.5 Å². The first-order chi connectivity index (χ1) is 13.6. The average molecular weight is 378 g/mol. The van der Waals surface area contributed by atoms with Crippen molar-refractivity contribution in [1.29, 1.82) is 0 Å². The van der Waals surface area contributed by atoms with Crippen molar-refractivity contribution in [3.63, 3.8) is 0 Å². The van der Waals surface area contributed by atoms with Crippen molar-refractivity contribution in [2.45, 2.75) is 6.54 Å². The highest BCUT2D eigenvalue weighted by atomic mass is 19.1. The summed E-state index contributed by atoms with van der Waals surface area (Å²) in [7, 11) is 3.50. The van der Waals surface area contributed by atoms with Crippen LogP contribution < -0.4 is 15.0 Å². The van der Waals surface area contributed by atoms with E-state index in [1.807, 2.05) is 42.4 Å². The van der Waals surface area contributed by atoms with Gasteiger partial charge in [0.2, 0.25) is 0 Å². The van der Waals surface area contributed by atoms with E-state index in [2.05, 4.69) is 20.4 Å². The van der Waals surface area contributed by atoms with E-state index < -0.39 is 0 Å². The number of hydrogen-bond acceptors (Lipinski definition) is 6. The topological polar surface area (TPSA) is 67.6 Å². The Morgan fingerprint density at radius 1 is 1.18 bits per heavy atom. The van der Waals surface area contributed by atoms with Crippen molar-refractivity contribution in [1.82, 2.24) is 19.6 Å². The second-order valence-electron chi connectivity index (χ2n) is 6.29. The number of hydrogen-bond donors (Lipinski definition) is 1. The molecule has 0 aliphatic carbocycles. The van der Waals surface area contributed by atoms with Gasteiger partial charge in [-0.1, -0.05) is 6.07 Å². The zero-order valence-electron chi connectivity index (χ0n) is 15.5. The van der Waals surface area contributed by atoms with Crippen LogP contribution in [-0.2, 0) is 6.54 Å². The molecule has 0 saturated carbocycles. The zero-order chi connectivity index (χ0) is 19.5. The molecular formula is C20H19FN6O. The first kappa shape index (κ1) is 17.7. The van der Waals surface area contributed by atoms with Gasteiger partial charge in [-0.25, -0.2) is 9.37 Å². The molecule has 3 aromatic heterocycles. The van der Waals surface area contributed by atoms with Gasteiger partial charge in [0.25, 0.3) is 0 Å². The molecule has 1 N–H and O–H groups in total. The van der Waals surface area contributed by atoms with Crippen LogP contribution in [0, 0.1) is 5.82 Å². The molecule has 0 bridgehead atoms. The summed E-state index contributed by atoms with van der Waals surface area (Å²) in [5, 5.41) is 7.82. The number of methoxy groups -OCH3 is 1. The number of benzene rings is 1. The molecule has 0 aliphatic rings. The Hall–Kier alpha value is -3.68. The zero-order valence-corrected chi connectivity index (χ0v) is 15.5. The third-order valence-electron chi connectivity index (χ3n) is 4.31. The summed E-state index contributed by atoms with van der Waals surface area (Å²) in [5.41, 5.74) is 2.26. The lowest BCUT2D eigenvalue weighted by Crippen LogP contribution is -2.19. The minimum Gasteiger partial charge on any atom is -0.495 e. The highest BCUT2D eigenvalue weighted by molar-refractivity contribution is 5.66. The molecule has 4 rings (SSSR count). The number of halogens is 1. The average Bonchev–Trinajstić information content (AvgIpc) is 3.11. The van der Waals surface area contributed by atoms with Crippen molar-refractivity contribution in [3.05, 3.63) is 72.4 Å². The van der Waals surface area contributed by atoms with Crippen LogP contribution in [0.25, 0.3) is 5.65 Å². The molecule has 0 atom stereocenters. The van der Waals surface area contributed by atoms with Gasteiger partial charge in [-0.05, 0) is 35.9 Å². The highest BCUT2D eigenvalue weighted by Gasteiger charge is 2.12. The molecule has 0 fully saturated rings. The Bertz CT molecular complexity index is 1100. The summed E-state index contributed by atoms with van der Waals surface area (Å²) in [6.07, 6.45) is 5.23. The van der Waals surface area contributed by atoms with Crippen molar-refractivity contribution < 1.29 is 9.13 Å². The van der Waals surface area contributed by atoms with E-state index in [1.54, 1.807) is 23.0 Å². The largest absolute Gasteiger partial charge is 0.495 e. The summed E-state index contributed by atoms with van der Waals surface area (Å²) < 4.78 is 20.6. The molecule has 0 spiro atoms. The number of ether oxygens (including phenoxy) is 1. The van der Waals surface area contributed by atoms with Gasteiger partial charge in [-0.15, -0.1) is 5.10 Å². The van der Waals surface area contributed by atoms with E-state index in [-0.39, 0.29) is 5.82 Å². The lowest BCUT2D eigenvalue weighted by Gasteiger charge is -2.18. The van der Waals surface area contributed by atoms with Gasteiger partial charge in [-0.3, -0.25) is 4.98 Å². The molecule has 142 valence electrons. The van der Waals surface area contributed by atoms with E-state index >= 15 is 0 Å². The molecule has 3 heterocycles. The summed E-state index contributed by atoms with van der Waals surface area (Å²) >= 11 is 0.